The summed E-state index contributed by atoms with van der Waals surface area (Å²) in [6.45, 7) is 4.49. The molecule has 4 aliphatic rings. The van der Waals surface area contributed by atoms with Gasteiger partial charge in [-0.15, -0.1) is 0 Å². The molecule has 4 fully saturated rings. The quantitative estimate of drug-likeness (QED) is 0.0495. The second-order valence-corrected chi connectivity index (χ2v) is 24.0. The van der Waals surface area contributed by atoms with E-state index in [1.165, 1.54) is 43.3 Å². The van der Waals surface area contributed by atoms with Crippen LogP contribution in [0.1, 0.15) is 75.7 Å². The first-order chi connectivity index (χ1) is 43.4. The Kier molecular flexibility index (Phi) is 23.7. The van der Waals surface area contributed by atoms with E-state index >= 15 is 0 Å². The smallest absolute Gasteiger partial charge is 0.251 e. The standard InChI is InChI=1S/C64H84N8O19/c1-5-6-7-24-89-43-22-18-39(19-23-43)37-12-10-36(11-13-37)38-14-16-40(17-15-38)57(82)67-45-26-41(76)28-66-61(86)53-54(79)32(2)29-72(53)63(88)51(34(4)75)69-60(85)52(70-59(84)46-27-42(77)30-71(46)62(87)50(33(3)74)68-58(45)83)47(78)25-35-8-20-44(21-9-35)90-64-49(65)56(81)55(80)48(31-73)91-64/h8-23,32-34,41-42,45-56,64,73-81H,5-7,24-31,65H2,1-4H3,(H,66,86)(H,67,82)(H,68,83)(H,69,85)(H,70,84)/t32?,33?,34?,41?,42?,45?,46?,47?,48-,49-,50?,51?,52?,53?,54?,55-,56-,64-/m0/s1. The number of carbonyl (C=O) groups is 7. The number of aliphatic hydroxyl groups is 9. The molecule has 0 saturated carbocycles. The topological polar surface area (TPSA) is 422 Å². The van der Waals surface area contributed by atoms with Crippen molar-refractivity contribution in [3.05, 3.63) is 108 Å². The van der Waals surface area contributed by atoms with Gasteiger partial charge in [0, 0.05) is 50.4 Å². The van der Waals surface area contributed by atoms with Gasteiger partial charge in [-0.1, -0.05) is 87.4 Å². The van der Waals surface area contributed by atoms with Crippen molar-refractivity contribution in [3.8, 4) is 33.8 Å². The number of unbranched alkanes of at least 4 members (excludes halogenated alkanes) is 2. The van der Waals surface area contributed by atoms with Crippen molar-refractivity contribution in [1.82, 2.24) is 36.4 Å². The molecule has 27 nitrogen and oxygen atoms in total. The van der Waals surface area contributed by atoms with Crippen LogP contribution in [-0.2, 0) is 39.9 Å². The molecule has 18 atom stereocenters. The number of fused-ring (bicyclic) bond motifs is 2. The Balaban J connectivity index is 1.04. The predicted octanol–water partition coefficient (Wildman–Crippen LogP) is -2.30. The van der Waals surface area contributed by atoms with Crippen LogP contribution in [-0.4, -0.2) is 233 Å². The molecule has 494 valence electrons. The minimum Gasteiger partial charge on any atom is -0.494 e. The fourth-order valence-electron chi connectivity index (χ4n) is 11.6. The zero-order chi connectivity index (χ0) is 66.0. The van der Waals surface area contributed by atoms with Crippen LogP contribution in [0.2, 0.25) is 0 Å². The van der Waals surface area contributed by atoms with Crippen LogP contribution in [0, 0.1) is 5.92 Å². The molecule has 0 aromatic heterocycles. The number of nitrogens with two attached hydrogens (primary N) is 1. The minimum atomic E-state index is -2.03. The Morgan fingerprint density at radius 1 is 0.659 bits per heavy atom. The summed E-state index contributed by atoms with van der Waals surface area (Å²) >= 11 is 0. The zero-order valence-electron chi connectivity index (χ0n) is 51.0. The highest BCUT2D eigenvalue weighted by molar-refractivity contribution is 6.00. The number of nitrogens with one attached hydrogen (secondary N) is 5. The van der Waals surface area contributed by atoms with Crippen molar-refractivity contribution in [2.45, 2.75) is 170 Å². The molecule has 0 aliphatic carbocycles. The second kappa shape index (κ2) is 31.1. The van der Waals surface area contributed by atoms with E-state index < -0.39 is 190 Å². The lowest BCUT2D eigenvalue weighted by molar-refractivity contribution is -0.239. The van der Waals surface area contributed by atoms with Crippen LogP contribution in [0.15, 0.2) is 97.1 Å². The van der Waals surface area contributed by atoms with Gasteiger partial charge in [0.05, 0.1) is 55.9 Å². The monoisotopic (exact) mass is 1270 g/mol. The SMILES string of the molecule is CCCCCOc1ccc(-c2ccc(-c3ccc(C(=O)NC4CC(O)CNC(=O)C5C(O)C(C)CN5C(=O)C(C(C)O)NC(=O)C(C(O)Cc5ccc(O[C@H]6O[C@@H](CO)[C@H](O)[C@@H](O)[C@@H]6N)cc5)NC(=O)C5CC(O)CN5C(=O)C(C(C)O)NC4=O)cc3)cc2)cc1. The molecule has 4 aromatic rings. The number of β-amino-alcohol motifs (C(OH)–C–C–N with tert-alkyl or cyclic N) is 1. The Morgan fingerprint density at radius 2 is 1.21 bits per heavy atom. The molecule has 13 unspecified atom stereocenters. The summed E-state index contributed by atoms with van der Waals surface area (Å²) in [4.78, 5) is 103. The van der Waals surface area contributed by atoms with E-state index in [2.05, 4.69) is 33.5 Å². The molecule has 91 heavy (non-hydrogen) atoms. The lowest BCUT2D eigenvalue weighted by atomic mass is 9.98. The largest absolute Gasteiger partial charge is 0.494 e. The van der Waals surface area contributed by atoms with Gasteiger partial charge >= 0.3 is 0 Å². The van der Waals surface area contributed by atoms with Gasteiger partial charge in [0.1, 0.15) is 66.1 Å². The van der Waals surface area contributed by atoms with Gasteiger partial charge in [0.15, 0.2) is 0 Å². The number of ether oxygens (including phenoxy) is 3. The van der Waals surface area contributed by atoms with Gasteiger partial charge < -0.3 is 102 Å². The van der Waals surface area contributed by atoms with E-state index in [0.717, 1.165) is 70.9 Å². The average molecular weight is 1270 g/mol. The van der Waals surface area contributed by atoms with Crippen LogP contribution in [0.25, 0.3) is 22.3 Å². The molecule has 0 radical (unpaired) electrons. The fraction of sp³-hybridized carbons (Fsp3) is 0.516. The van der Waals surface area contributed by atoms with Gasteiger partial charge in [-0.2, -0.15) is 0 Å². The molecule has 0 spiro atoms. The van der Waals surface area contributed by atoms with Gasteiger partial charge in [0.2, 0.25) is 41.7 Å². The molecule has 0 bridgehead atoms. The first kappa shape index (κ1) is 69.2. The summed E-state index contributed by atoms with van der Waals surface area (Å²) in [5.41, 5.74) is 9.93. The summed E-state index contributed by atoms with van der Waals surface area (Å²) in [6, 6.07) is 15.6. The molecular formula is C64H84N8O19. The van der Waals surface area contributed by atoms with E-state index in [-0.39, 0.29) is 17.9 Å². The van der Waals surface area contributed by atoms with Crippen molar-refractivity contribution >= 4 is 41.4 Å². The molecule has 4 aromatic carbocycles. The molecule has 4 aliphatic heterocycles. The lowest BCUT2D eigenvalue weighted by Crippen LogP contribution is -2.64. The van der Waals surface area contributed by atoms with Crippen LogP contribution in [0.3, 0.4) is 0 Å². The van der Waals surface area contributed by atoms with Crippen molar-refractivity contribution in [2.75, 3.05) is 32.8 Å². The number of benzene rings is 4. The van der Waals surface area contributed by atoms with E-state index in [1.54, 1.807) is 12.1 Å². The average Bonchev–Trinajstić information content (AvgIpc) is 1.77. The fourth-order valence-corrected chi connectivity index (χ4v) is 11.6. The van der Waals surface area contributed by atoms with Crippen LogP contribution in [0.4, 0.5) is 0 Å². The Morgan fingerprint density at radius 3 is 1.79 bits per heavy atom. The first-order valence-electron chi connectivity index (χ1n) is 30.6. The Bertz CT molecular complexity index is 3140. The molecule has 8 rings (SSSR count). The number of aliphatic hydroxyl groups excluding tert-OH is 9. The van der Waals surface area contributed by atoms with E-state index in [4.69, 9.17) is 19.9 Å². The summed E-state index contributed by atoms with van der Waals surface area (Å²) in [6.07, 6.45) is -13.8. The van der Waals surface area contributed by atoms with Crippen LogP contribution < -0.4 is 41.8 Å². The summed E-state index contributed by atoms with van der Waals surface area (Å²) in [5.74, 6) is -7.37. The van der Waals surface area contributed by atoms with Crippen molar-refractivity contribution in [1.29, 1.82) is 0 Å². The van der Waals surface area contributed by atoms with Gasteiger partial charge in [-0.25, -0.2) is 0 Å². The van der Waals surface area contributed by atoms with Crippen molar-refractivity contribution < 1.29 is 93.7 Å². The number of hydrogen-bond donors (Lipinski definition) is 15. The highest BCUT2D eigenvalue weighted by Crippen LogP contribution is 2.30. The van der Waals surface area contributed by atoms with E-state index in [1.807, 2.05) is 48.5 Å². The normalized spacial score (nSPS) is 29.9. The minimum absolute atomic E-state index is 0.0705. The lowest BCUT2D eigenvalue weighted by Gasteiger charge is -2.40. The molecule has 4 heterocycles. The van der Waals surface area contributed by atoms with Crippen molar-refractivity contribution in [3.63, 3.8) is 0 Å². The third-order valence-electron chi connectivity index (χ3n) is 17.0. The Labute approximate surface area is 525 Å². The van der Waals surface area contributed by atoms with Crippen LogP contribution >= 0.6 is 0 Å². The highest BCUT2D eigenvalue weighted by atomic mass is 16.7. The second-order valence-electron chi connectivity index (χ2n) is 24.0. The number of nitrogens with zero attached hydrogens (tertiary/aromatic N) is 2. The van der Waals surface area contributed by atoms with Gasteiger partial charge in [0.25, 0.3) is 5.91 Å². The van der Waals surface area contributed by atoms with Gasteiger partial charge in [-0.05, 0) is 84.5 Å². The summed E-state index contributed by atoms with van der Waals surface area (Å²) < 4.78 is 17.2. The maximum Gasteiger partial charge on any atom is 0.251 e. The maximum atomic E-state index is 14.6. The zero-order valence-corrected chi connectivity index (χ0v) is 51.0. The maximum absolute atomic E-state index is 14.6. The Hall–Kier alpha value is -7.67. The third-order valence-corrected chi connectivity index (χ3v) is 17.0. The summed E-state index contributed by atoms with van der Waals surface area (Å²) in [7, 11) is 0. The molecule has 4 saturated heterocycles. The molecular weight excluding hydrogens is 1180 g/mol. The molecule has 27 heteroatoms. The molecule has 7 amide bonds. The number of rotatable bonds is 17. The number of carbonyl (C=O) groups excluding carboxylic acids is 7. The van der Waals surface area contributed by atoms with Crippen molar-refractivity contribution in [2.24, 2.45) is 11.7 Å². The van der Waals surface area contributed by atoms with E-state index in [9.17, 15) is 79.5 Å². The third kappa shape index (κ3) is 16.9. The van der Waals surface area contributed by atoms with E-state index in [0.29, 0.717) is 12.2 Å². The van der Waals surface area contributed by atoms with Gasteiger partial charge in [-0.3, -0.25) is 33.6 Å². The number of hydrogen-bond acceptors (Lipinski definition) is 20. The predicted molar refractivity (Wildman–Crippen MR) is 326 cm³/mol. The molecule has 16 N–H and O–H groups in total. The number of amides is 7. The summed E-state index contributed by atoms with van der Waals surface area (Å²) in [5, 5.41) is 111. The highest BCUT2D eigenvalue weighted by Gasteiger charge is 2.50. The first-order valence-corrected chi connectivity index (χ1v) is 30.6. The van der Waals surface area contributed by atoms with Crippen LogP contribution in [0.5, 0.6) is 11.5 Å².